The lowest BCUT2D eigenvalue weighted by molar-refractivity contribution is -0.344. The molecule has 3 heterocycles. The number of ether oxygens (including phenoxy) is 5. The fourth-order valence-corrected chi connectivity index (χ4v) is 7.20. The number of rotatable bonds is 3. The van der Waals surface area contributed by atoms with E-state index in [1.165, 1.54) is 20.8 Å². The molecule has 11 heteroatoms. The fraction of sp³-hybridized carbons (Fsp3) is 0.692. The number of halogens is 1. The lowest BCUT2D eigenvalue weighted by Crippen LogP contribution is -2.75. The predicted octanol–water partition coefficient (Wildman–Crippen LogP) is 2.34. The largest absolute Gasteiger partial charge is 0.462 e. The Hall–Kier alpha value is -2.43. The van der Waals surface area contributed by atoms with Gasteiger partial charge in [0.25, 0.3) is 0 Å². The summed E-state index contributed by atoms with van der Waals surface area (Å²) in [5.74, 6) is -6.65. The molecule has 0 aromatic heterocycles. The number of hydrogen-bond acceptors (Lipinski definition) is 10. The van der Waals surface area contributed by atoms with Gasteiger partial charge in [-0.25, -0.2) is 0 Å². The van der Waals surface area contributed by atoms with Crippen LogP contribution in [0.3, 0.4) is 0 Å². The summed E-state index contributed by atoms with van der Waals surface area (Å²) in [5.41, 5.74) is -2.42. The summed E-state index contributed by atoms with van der Waals surface area (Å²) < 4.78 is 29.5. The van der Waals surface area contributed by atoms with Crippen molar-refractivity contribution in [1.82, 2.24) is 0 Å². The van der Waals surface area contributed by atoms with E-state index in [1.54, 1.807) is 13.8 Å². The average Bonchev–Trinajstić information content (AvgIpc) is 3.03. The average molecular weight is 541 g/mol. The van der Waals surface area contributed by atoms with Crippen molar-refractivity contribution in [2.24, 2.45) is 17.3 Å². The molecule has 10 nitrogen and oxygen atoms in total. The van der Waals surface area contributed by atoms with Crippen LogP contribution in [0.15, 0.2) is 24.3 Å². The molecular weight excluding hydrogens is 508 g/mol. The van der Waals surface area contributed by atoms with Crippen LogP contribution in [0, 0.1) is 17.3 Å². The Morgan fingerprint density at radius 1 is 1.05 bits per heavy atom. The van der Waals surface area contributed by atoms with Crippen molar-refractivity contribution in [3.63, 3.8) is 0 Å². The molecule has 1 spiro atoms. The molecule has 0 aromatic rings. The highest BCUT2D eigenvalue weighted by atomic mass is 35.5. The molecule has 3 saturated heterocycles. The van der Waals surface area contributed by atoms with Gasteiger partial charge in [0.2, 0.25) is 0 Å². The summed E-state index contributed by atoms with van der Waals surface area (Å²) in [6.45, 7) is 15.1. The second-order valence-electron chi connectivity index (χ2n) is 10.7. The predicted molar refractivity (Wildman–Crippen MR) is 128 cm³/mol. The molecule has 0 amide bonds. The third kappa shape index (κ3) is 3.99. The van der Waals surface area contributed by atoms with E-state index in [1.807, 2.05) is 0 Å². The summed E-state index contributed by atoms with van der Waals surface area (Å²) in [6.07, 6.45) is -4.01. The van der Waals surface area contributed by atoms with E-state index in [0.29, 0.717) is 18.4 Å². The minimum atomic E-state index is -2.21. The van der Waals surface area contributed by atoms with Crippen LogP contribution in [0.4, 0.5) is 0 Å². The van der Waals surface area contributed by atoms with E-state index >= 15 is 0 Å². The quantitative estimate of drug-likeness (QED) is 0.246. The number of fused-ring (bicyclic) bond motifs is 2. The molecule has 1 unspecified atom stereocenters. The second kappa shape index (κ2) is 9.10. The Kier molecular flexibility index (Phi) is 6.79. The maximum Gasteiger partial charge on any atom is 0.312 e. The van der Waals surface area contributed by atoms with Crippen LogP contribution < -0.4 is 0 Å². The van der Waals surface area contributed by atoms with Crippen LogP contribution >= 0.6 is 11.6 Å². The van der Waals surface area contributed by atoms with Gasteiger partial charge < -0.3 is 28.8 Å². The molecule has 0 radical (unpaired) electrons. The van der Waals surface area contributed by atoms with Gasteiger partial charge in [0.1, 0.15) is 18.3 Å². The van der Waals surface area contributed by atoms with Crippen molar-refractivity contribution in [3.05, 3.63) is 24.3 Å². The third-order valence-electron chi connectivity index (χ3n) is 8.51. The monoisotopic (exact) mass is 540 g/mol. The van der Waals surface area contributed by atoms with E-state index < -0.39 is 82.3 Å². The van der Waals surface area contributed by atoms with Gasteiger partial charge in [0.15, 0.2) is 17.5 Å². The fourth-order valence-electron chi connectivity index (χ4n) is 6.78. The molecule has 4 aliphatic rings. The van der Waals surface area contributed by atoms with E-state index in [0.717, 1.165) is 0 Å². The van der Waals surface area contributed by atoms with Crippen LogP contribution in [0.1, 0.15) is 53.9 Å². The molecule has 37 heavy (non-hydrogen) atoms. The number of carbonyl (C=O) groups excluding carboxylic acids is 4. The van der Waals surface area contributed by atoms with Crippen LogP contribution in [0.25, 0.3) is 0 Å². The van der Waals surface area contributed by atoms with Gasteiger partial charge in [-0.2, -0.15) is 0 Å². The van der Waals surface area contributed by atoms with Crippen molar-refractivity contribution in [1.29, 1.82) is 0 Å². The molecule has 4 rings (SSSR count). The smallest absolute Gasteiger partial charge is 0.312 e. The number of hydrogen-bond donors (Lipinski definition) is 1. The molecule has 0 aromatic carbocycles. The number of carbonyl (C=O) groups is 4. The molecule has 3 aliphatic heterocycles. The first-order valence-electron chi connectivity index (χ1n) is 12.2. The lowest BCUT2D eigenvalue weighted by atomic mass is 9.53. The van der Waals surface area contributed by atoms with Crippen LogP contribution in [-0.2, 0) is 42.9 Å². The van der Waals surface area contributed by atoms with Crippen LogP contribution in [-0.4, -0.2) is 70.2 Å². The Bertz CT molecular complexity index is 1070. The van der Waals surface area contributed by atoms with Gasteiger partial charge in [-0.3, -0.25) is 19.2 Å². The molecule has 1 aliphatic carbocycles. The topological polar surface area (TPSA) is 135 Å². The second-order valence-corrected chi connectivity index (χ2v) is 11.2. The molecule has 4 fully saturated rings. The van der Waals surface area contributed by atoms with E-state index in [2.05, 4.69) is 13.2 Å². The van der Waals surface area contributed by atoms with Crippen LogP contribution in [0.5, 0.6) is 0 Å². The standard InChI is InChI=1S/C26H33ClO10/c1-11-8-9-17(33-14(4)28)24(7)18(34-15(5)29)10-25(32)12(2)20(27)22-26(37-25,13(3)23(31)36-22)21(19(11)24)35-16(6)30/h13,17-22,32H,1-2,8-10H2,3-7H3/t13?,17-,18-,19+,20-,21-,22-,24+,25-,26+/m0/s1. The first-order valence-corrected chi connectivity index (χ1v) is 12.7. The van der Waals surface area contributed by atoms with Gasteiger partial charge in [-0.05, 0) is 19.8 Å². The molecular formula is C26H33ClO10. The zero-order valence-corrected chi connectivity index (χ0v) is 22.3. The van der Waals surface area contributed by atoms with Crippen molar-refractivity contribution in [2.75, 3.05) is 0 Å². The summed E-state index contributed by atoms with van der Waals surface area (Å²) in [4.78, 5) is 50.0. The summed E-state index contributed by atoms with van der Waals surface area (Å²) in [6, 6.07) is 0. The minimum absolute atomic E-state index is 0.00357. The highest BCUT2D eigenvalue weighted by Gasteiger charge is 2.76. The Morgan fingerprint density at radius 3 is 2.19 bits per heavy atom. The summed E-state index contributed by atoms with van der Waals surface area (Å²) >= 11 is 6.75. The van der Waals surface area contributed by atoms with E-state index in [9.17, 15) is 24.3 Å². The van der Waals surface area contributed by atoms with Gasteiger partial charge in [-0.1, -0.05) is 25.7 Å². The van der Waals surface area contributed by atoms with Gasteiger partial charge >= 0.3 is 23.9 Å². The number of alkyl halides is 1. The van der Waals surface area contributed by atoms with Crippen molar-refractivity contribution in [2.45, 2.75) is 95.1 Å². The first kappa shape index (κ1) is 27.6. The summed E-state index contributed by atoms with van der Waals surface area (Å²) in [7, 11) is 0. The van der Waals surface area contributed by atoms with Gasteiger partial charge in [0.05, 0.1) is 16.7 Å². The Labute approximate surface area is 220 Å². The SMILES string of the molecule is C=C1CC[C@H](OC(C)=O)[C@]2(C)[C@@H](OC(C)=O)C[C@]3(O)O[C@]4(C(C)C(=O)O[C@H]4[C@@H](Cl)C3=C)[C@@H](OC(C)=O)[C@@H]12. The number of esters is 4. The number of aliphatic hydroxyl groups is 1. The van der Waals surface area contributed by atoms with Crippen LogP contribution in [0.2, 0.25) is 0 Å². The van der Waals surface area contributed by atoms with E-state index in [4.69, 9.17) is 35.3 Å². The highest BCUT2D eigenvalue weighted by Crippen LogP contribution is 2.62. The Balaban J connectivity index is 2.06. The normalized spacial score (nSPS) is 44.9. The lowest BCUT2D eigenvalue weighted by Gasteiger charge is -2.62. The van der Waals surface area contributed by atoms with E-state index in [-0.39, 0.29) is 12.0 Å². The molecule has 2 bridgehead atoms. The molecule has 204 valence electrons. The maximum atomic E-state index is 13.0. The minimum Gasteiger partial charge on any atom is -0.462 e. The molecule has 1 N–H and O–H groups in total. The highest BCUT2D eigenvalue weighted by molar-refractivity contribution is 6.23. The van der Waals surface area contributed by atoms with Crippen molar-refractivity contribution < 1.29 is 48.0 Å². The zero-order chi connectivity index (χ0) is 27.7. The molecule has 1 saturated carbocycles. The zero-order valence-electron chi connectivity index (χ0n) is 21.6. The summed E-state index contributed by atoms with van der Waals surface area (Å²) in [5, 5.41) is 10.8. The van der Waals surface area contributed by atoms with Gasteiger partial charge in [-0.15, -0.1) is 11.6 Å². The Morgan fingerprint density at radius 2 is 1.62 bits per heavy atom. The van der Waals surface area contributed by atoms with Crippen molar-refractivity contribution >= 4 is 35.5 Å². The van der Waals surface area contributed by atoms with Crippen molar-refractivity contribution in [3.8, 4) is 0 Å². The first-order chi connectivity index (χ1) is 17.1. The molecule has 10 atom stereocenters. The third-order valence-corrected chi connectivity index (χ3v) is 9.00. The maximum absolute atomic E-state index is 13.0. The van der Waals surface area contributed by atoms with Gasteiger partial charge in [0, 0.05) is 38.7 Å².